The first-order valence-electron chi connectivity index (χ1n) is 17.7. The monoisotopic (exact) mass is 575 g/mol. The van der Waals surface area contributed by atoms with Crippen LogP contribution in [0.1, 0.15) is 206 Å². The highest BCUT2D eigenvalue weighted by atomic mass is 31.2. The lowest BCUT2D eigenvalue weighted by Crippen LogP contribution is -1.99. The fraction of sp³-hybridized carbons (Fsp3) is 1.00. The molecule has 0 aliphatic heterocycles. The quantitative estimate of drug-likeness (QED) is 0.0613. The molecular formula is C34H71O4P. The van der Waals surface area contributed by atoms with E-state index in [0.29, 0.717) is 13.2 Å². The average Bonchev–Trinajstić information content (AvgIpc) is 2.92. The molecule has 1 N–H and O–H groups in total. The zero-order valence-corrected chi connectivity index (χ0v) is 27.6. The van der Waals surface area contributed by atoms with Crippen molar-refractivity contribution in [3.8, 4) is 0 Å². The molecule has 1 atom stereocenters. The van der Waals surface area contributed by atoms with Gasteiger partial charge in [-0.3, -0.25) is 9.05 Å². The second-order valence-corrected chi connectivity index (χ2v) is 13.5. The summed E-state index contributed by atoms with van der Waals surface area (Å²) in [5, 5.41) is 0. The lowest BCUT2D eigenvalue weighted by molar-refractivity contribution is 0.145. The Hall–Kier alpha value is 0.110. The van der Waals surface area contributed by atoms with Crippen LogP contribution in [0.15, 0.2) is 0 Å². The van der Waals surface area contributed by atoms with Crippen LogP contribution < -0.4 is 0 Å². The molecule has 0 spiro atoms. The van der Waals surface area contributed by atoms with E-state index in [1.54, 1.807) is 0 Å². The SMILES string of the molecule is CCCCCCCCCCCCCCCCCCCCCCOP(=O)(O)OCCCCCCCCCCCC. The third-order valence-corrected chi connectivity index (χ3v) is 9.02. The Bertz CT molecular complexity index is 500. The molecule has 0 aliphatic carbocycles. The lowest BCUT2D eigenvalue weighted by Gasteiger charge is -2.12. The summed E-state index contributed by atoms with van der Waals surface area (Å²) in [5.74, 6) is 0. The number of unbranched alkanes of at least 4 members (excludes halogenated alkanes) is 28. The number of phosphoric acid groups is 1. The minimum absolute atomic E-state index is 0.323. The van der Waals surface area contributed by atoms with Gasteiger partial charge in [0.25, 0.3) is 0 Å². The van der Waals surface area contributed by atoms with Crippen LogP contribution in [-0.4, -0.2) is 18.1 Å². The van der Waals surface area contributed by atoms with Crippen molar-refractivity contribution in [2.24, 2.45) is 0 Å². The van der Waals surface area contributed by atoms with E-state index < -0.39 is 7.82 Å². The first-order valence-corrected chi connectivity index (χ1v) is 19.2. The van der Waals surface area contributed by atoms with Gasteiger partial charge in [-0.1, -0.05) is 194 Å². The Balaban J connectivity index is 3.24. The van der Waals surface area contributed by atoms with E-state index in [9.17, 15) is 9.46 Å². The average molecular weight is 575 g/mol. The van der Waals surface area contributed by atoms with Crippen molar-refractivity contribution in [2.45, 2.75) is 206 Å². The molecular weight excluding hydrogens is 503 g/mol. The molecule has 39 heavy (non-hydrogen) atoms. The molecule has 0 aromatic heterocycles. The van der Waals surface area contributed by atoms with Crippen LogP contribution in [0.4, 0.5) is 0 Å². The second kappa shape index (κ2) is 32.6. The standard InChI is InChI=1S/C34H71O4P/c1-3-5-7-9-11-13-15-16-17-18-19-20-21-22-23-24-26-28-30-32-34-38-39(35,36)37-33-31-29-27-25-14-12-10-8-6-4-2/h3-34H2,1-2H3,(H,35,36). The smallest absolute Gasteiger partial charge is 0.302 e. The van der Waals surface area contributed by atoms with Crippen LogP contribution in [-0.2, 0) is 13.6 Å². The molecule has 5 heteroatoms. The van der Waals surface area contributed by atoms with Crippen molar-refractivity contribution in [1.29, 1.82) is 0 Å². The van der Waals surface area contributed by atoms with Gasteiger partial charge < -0.3 is 4.89 Å². The van der Waals surface area contributed by atoms with Gasteiger partial charge in [0.05, 0.1) is 13.2 Å². The molecule has 0 amide bonds. The van der Waals surface area contributed by atoms with Crippen molar-refractivity contribution < 1.29 is 18.5 Å². The molecule has 0 saturated carbocycles. The van der Waals surface area contributed by atoms with E-state index in [4.69, 9.17) is 9.05 Å². The summed E-state index contributed by atoms with van der Waals surface area (Å²) < 4.78 is 22.3. The lowest BCUT2D eigenvalue weighted by atomic mass is 10.0. The van der Waals surface area contributed by atoms with E-state index in [2.05, 4.69) is 13.8 Å². The fourth-order valence-electron chi connectivity index (χ4n) is 5.34. The van der Waals surface area contributed by atoms with Crippen LogP contribution in [0.25, 0.3) is 0 Å². The van der Waals surface area contributed by atoms with Crippen molar-refractivity contribution in [1.82, 2.24) is 0 Å². The first kappa shape index (κ1) is 39.1. The maximum atomic E-state index is 12.0. The first-order chi connectivity index (χ1) is 19.1. The van der Waals surface area contributed by atoms with Crippen LogP contribution >= 0.6 is 7.82 Å². The molecule has 0 heterocycles. The molecule has 0 radical (unpaired) electrons. The molecule has 0 aromatic carbocycles. The molecule has 0 aliphatic rings. The van der Waals surface area contributed by atoms with E-state index in [-0.39, 0.29) is 0 Å². The zero-order valence-electron chi connectivity index (χ0n) is 26.7. The second-order valence-electron chi connectivity index (χ2n) is 12.0. The minimum atomic E-state index is -3.86. The normalized spacial score (nSPS) is 13.2. The summed E-state index contributed by atoms with van der Waals surface area (Å²) in [6, 6.07) is 0. The summed E-state index contributed by atoms with van der Waals surface area (Å²) in [7, 11) is -3.86. The molecule has 0 saturated heterocycles. The third kappa shape index (κ3) is 34.2. The highest BCUT2D eigenvalue weighted by Crippen LogP contribution is 2.43. The molecule has 0 bridgehead atoms. The number of rotatable bonds is 34. The minimum Gasteiger partial charge on any atom is -0.302 e. The topological polar surface area (TPSA) is 55.8 Å². The van der Waals surface area contributed by atoms with E-state index in [1.165, 1.54) is 167 Å². The Morgan fingerprint density at radius 3 is 0.744 bits per heavy atom. The number of hydrogen-bond donors (Lipinski definition) is 1. The van der Waals surface area contributed by atoms with Gasteiger partial charge in [0.15, 0.2) is 0 Å². The predicted octanol–water partition coefficient (Wildman–Crippen LogP) is 12.9. The van der Waals surface area contributed by atoms with E-state index >= 15 is 0 Å². The van der Waals surface area contributed by atoms with Gasteiger partial charge >= 0.3 is 7.82 Å². The van der Waals surface area contributed by atoms with Gasteiger partial charge in [-0.25, -0.2) is 4.57 Å². The predicted molar refractivity (Wildman–Crippen MR) is 172 cm³/mol. The molecule has 236 valence electrons. The van der Waals surface area contributed by atoms with Crippen molar-refractivity contribution >= 4 is 7.82 Å². The molecule has 0 aromatic rings. The Morgan fingerprint density at radius 2 is 0.538 bits per heavy atom. The molecule has 1 unspecified atom stereocenters. The van der Waals surface area contributed by atoms with Crippen LogP contribution in [0, 0.1) is 0 Å². The largest absolute Gasteiger partial charge is 0.472 e. The van der Waals surface area contributed by atoms with Crippen LogP contribution in [0.3, 0.4) is 0 Å². The fourth-order valence-corrected chi connectivity index (χ4v) is 6.14. The summed E-state index contributed by atoms with van der Waals surface area (Å²) >= 11 is 0. The maximum Gasteiger partial charge on any atom is 0.472 e. The summed E-state index contributed by atoms with van der Waals surface area (Å²) in [4.78, 5) is 9.83. The summed E-state index contributed by atoms with van der Waals surface area (Å²) in [6.45, 7) is 5.19. The number of phosphoric ester groups is 1. The summed E-state index contributed by atoms with van der Waals surface area (Å²) in [5.41, 5.74) is 0. The van der Waals surface area contributed by atoms with Gasteiger partial charge in [0, 0.05) is 0 Å². The molecule has 0 rings (SSSR count). The van der Waals surface area contributed by atoms with Crippen molar-refractivity contribution in [3.63, 3.8) is 0 Å². The van der Waals surface area contributed by atoms with E-state index in [0.717, 1.165) is 25.7 Å². The van der Waals surface area contributed by atoms with E-state index in [1.807, 2.05) is 0 Å². The maximum absolute atomic E-state index is 12.0. The number of hydrogen-bond acceptors (Lipinski definition) is 3. The highest BCUT2D eigenvalue weighted by Gasteiger charge is 2.19. The third-order valence-electron chi connectivity index (χ3n) is 8.00. The van der Waals surface area contributed by atoms with Gasteiger partial charge in [-0.2, -0.15) is 0 Å². The van der Waals surface area contributed by atoms with Crippen molar-refractivity contribution in [2.75, 3.05) is 13.2 Å². The van der Waals surface area contributed by atoms with Crippen molar-refractivity contribution in [3.05, 3.63) is 0 Å². The van der Waals surface area contributed by atoms with Crippen LogP contribution in [0.5, 0.6) is 0 Å². The van der Waals surface area contributed by atoms with Crippen LogP contribution in [0.2, 0.25) is 0 Å². The highest BCUT2D eigenvalue weighted by molar-refractivity contribution is 7.47. The summed E-state index contributed by atoms with van der Waals surface area (Å²) in [6.07, 6.45) is 39.4. The Labute approximate surface area is 245 Å². The van der Waals surface area contributed by atoms with Gasteiger partial charge in [-0.05, 0) is 12.8 Å². The molecule has 0 fully saturated rings. The Morgan fingerprint density at radius 1 is 0.359 bits per heavy atom. The molecule has 4 nitrogen and oxygen atoms in total. The van der Waals surface area contributed by atoms with Gasteiger partial charge in [-0.15, -0.1) is 0 Å². The Kier molecular flexibility index (Phi) is 32.7. The zero-order chi connectivity index (χ0) is 28.5. The van der Waals surface area contributed by atoms with Gasteiger partial charge in [0.2, 0.25) is 0 Å². The van der Waals surface area contributed by atoms with Gasteiger partial charge in [0.1, 0.15) is 0 Å².